The summed E-state index contributed by atoms with van der Waals surface area (Å²) in [7, 11) is 1.61. The first-order valence-corrected chi connectivity index (χ1v) is 7.83. The molecule has 0 atom stereocenters. The first-order chi connectivity index (χ1) is 10.7. The van der Waals surface area contributed by atoms with Crippen molar-refractivity contribution in [3.05, 3.63) is 53.1 Å². The molecule has 3 aromatic rings. The number of para-hydroxylation sites is 1. The van der Waals surface area contributed by atoms with E-state index < -0.39 is 0 Å². The number of fused-ring (bicyclic) bond motifs is 1. The second-order valence-corrected chi connectivity index (χ2v) is 6.02. The number of carbonyl (C=O) groups excluding carboxylic acids is 1. The Bertz CT molecular complexity index is 832. The first kappa shape index (κ1) is 14.8. The Labute approximate surface area is 136 Å². The highest BCUT2D eigenvalue weighted by molar-refractivity contribution is 7.22. The van der Waals surface area contributed by atoms with Crippen LogP contribution >= 0.6 is 22.9 Å². The second kappa shape index (κ2) is 6.34. The average Bonchev–Trinajstić information content (AvgIpc) is 2.96. The fraction of sp³-hybridized carbons (Fsp3) is 0.125. The van der Waals surface area contributed by atoms with Gasteiger partial charge < -0.3 is 10.1 Å². The van der Waals surface area contributed by atoms with Crippen LogP contribution in [0.4, 0.5) is 5.13 Å². The van der Waals surface area contributed by atoms with Gasteiger partial charge in [0.15, 0.2) is 10.9 Å². The molecule has 1 aromatic heterocycles. The van der Waals surface area contributed by atoms with Gasteiger partial charge in [0.1, 0.15) is 11.3 Å². The molecular weight excluding hydrogens is 320 g/mol. The molecule has 0 bridgehead atoms. The van der Waals surface area contributed by atoms with Gasteiger partial charge in [-0.3, -0.25) is 4.79 Å². The molecular formula is C16H13ClN2O2S. The third kappa shape index (κ3) is 2.91. The third-order valence-electron chi connectivity index (χ3n) is 3.18. The lowest BCUT2D eigenvalue weighted by Gasteiger charge is -2.04. The number of thiazole rings is 1. The van der Waals surface area contributed by atoms with Crippen LogP contribution < -0.4 is 10.1 Å². The van der Waals surface area contributed by atoms with Crippen molar-refractivity contribution in [2.45, 2.75) is 0 Å². The Morgan fingerprint density at radius 1 is 1.27 bits per heavy atom. The third-order valence-corrected chi connectivity index (χ3v) is 4.48. The predicted octanol–water partition coefficient (Wildman–Crippen LogP) is 4.25. The Balaban J connectivity index is 1.77. The summed E-state index contributed by atoms with van der Waals surface area (Å²) in [5.41, 5.74) is 1.30. The summed E-state index contributed by atoms with van der Waals surface area (Å²) in [5.74, 6) is 0.649. The van der Waals surface area contributed by atoms with E-state index >= 15 is 0 Å². The molecule has 0 amide bonds. The number of anilines is 1. The van der Waals surface area contributed by atoms with E-state index in [1.165, 1.54) is 11.3 Å². The number of hydrogen-bond donors (Lipinski definition) is 1. The molecule has 0 fully saturated rings. The zero-order chi connectivity index (χ0) is 15.5. The number of aromatic nitrogens is 1. The van der Waals surface area contributed by atoms with Gasteiger partial charge in [0.05, 0.1) is 23.4 Å². The number of rotatable bonds is 5. The molecule has 2 aromatic carbocycles. The molecule has 0 aliphatic rings. The van der Waals surface area contributed by atoms with Gasteiger partial charge in [-0.25, -0.2) is 4.98 Å². The summed E-state index contributed by atoms with van der Waals surface area (Å²) < 4.78 is 6.29. The topological polar surface area (TPSA) is 51.2 Å². The van der Waals surface area contributed by atoms with Crippen molar-refractivity contribution >= 4 is 44.1 Å². The highest BCUT2D eigenvalue weighted by atomic mass is 35.5. The van der Waals surface area contributed by atoms with Crippen molar-refractivity contribution in [3.63, 3.8) is 0 Å². The highest BCUT2D eigenvalue weighted by Crippen LogP contribution is 2.32. The van der Waals surface area contributed by atoms with E-state index in [0.29, 0.717) is 15.7 Å². The SMILES string of the molecule is COc1cccc2sc(NCC(=O)c3ccccc3Cl)nc12. The molecule has 1 heterocycles. The van der Waals surface area contributed by atoms with Gasteiger partial charge >= 0.3 is 0 Å². The average molecular weight is 333 g/mol. The van der Waals surface area contributed by atoms with Crippen molar-refractivity contribution in [2.24, 2.45) is 0 Å². The van der Waals surface area contributed by atoms with E-state index in [1.54, 1.807) is 31.4 Å². The van der Waals surface area contributed by atoms with Crippen LogP contribution in [0.2, 0.25) is 5.02 Å². The minimum atomic E-state index is -0.0724. The lowest BCUT2D eigenvalue weighted by molar-refractivity contribution is 0.101. The number of benzene rings is 2. The van der Waals surface area contributed by atoms with Crippen molar-refractivity contribution in [1.82, 2.24) is 4.98 Å². The van der Waals surface area contributed by atoms with E-state index in [0.717, 1.165) is 16.0 Å². The number of nitrogens with zero attached hydrogens (tertiary/aromatic N) is 1. The van der Waals surface area contributed by atoms with E-state index in [1.807, 2.05) is 18.2 Å². The number of carbonyl (C=O) groups is 1. The van der Waals surface area contributed by atoms with Gasteiger partial charge in [-0.15, -0.1) is 0 Å². The zero-order valence-electron chi connectivity index (χ0n) is 11.8. The molecule has 0 saturated heterocycles. The Morgan fingerprint density at radius 2 is 2.09 bits per heavy atom. The minimum absolute atomic E-state index is 0.0724. The van der Waals surface area contributed by atoms with Crippen LogP contribution in [-0.4, -0.2) is 24.4 Å². The number of halogens is 1. The summed E-state index contributed by atoms with van der Waals surface area (Å²) in [4.78, 5) is 16.7. The van der Waals surface area contributed by atoms with Crippen molar-refractivity contribution in [2.75, 3.05) is 19.0 Å². The Hall–Kier alpha value is -2.11. The maximum Gasteiger partial charge on any atom is 0.184 e. The van der Waals surface area contributed by atoms with E-state index in [2.05, 4.69) is 10.3 Å². The fourth-order valence-corrected chi connectivity index (χ4v) is 3.22. The quantitative estimate of drug-likeness (QED) is 0.709. The van der Waals surface area contributed by atoms with Gasteiger partial charge in [-0.1, -0.05) is 41.1 Å². The van der Waals surface area contributed by atoms with E-state index in [-0.39, 0.29) is 12.3 Å². The summed E-state index contributed by atoms with van der Waals surface area (Å²) in [6.07, 6.45) is 0. The molecule has 3 rings (SSSR count). The first-order valence-electron chi connectivity index (χ1n) is 6.64. The number of hydrogen-bond acceptors (Lipinski definition) is 5. The summed E-state index contributed by atoms with van der Waals surface area (Å²) >= 11 is 7.51. The summed E-state index contributed by atoms with van der Waals surface area (Å²) in [6, 6.07) is 12.8. The maximum atomic E-state index is 12.2. The maximum absolute atomic E-state index is 12.2. The number of methoxy groups -OCH3 is 1. The number of Topliss-reactive ketones (excluding diaryl/α,β-unsaturated/α-hetero) is 1. The lowest BCUT2D eigenvalue weighted by atomic mass is 10.1. The molecule has 0 radical (unpaired) electrons. The molecule has 6 heteroatoms. The van der Waals surface area contributed by atoms with Crippen molar-refractivity contribution < 1.29 is 9.53 Å². The summed E-state index contributed by atoms with van der Waals surface area (Å²) in [5, 5.41) is 4.19. The highest BCUT2D eigenvalue weighted by Gasteiger charge is 2.12. The molecule has 0 spiro atoms. The molecule has 0 saturated carbocycles. The van der Waals surface area contributed by atoms with Crippen molar-refractivity contribution in [1.29, 1.82) is 0 Å². The smallest absolute Gasteiger partial charge is 0.184 e. The fourth-order valence-electron chi connectivity index (χ4n) is 2.10. The molecule has 112 valence electrons. The van der Waals surface area contributed by atoms with Crippen LogP contribution in [0, 0.1) is 0 Å². The van der Waals surface area contributed by atoms with Crippen LogP contribution in [0.1, 0.15) is 10.4 Å². The second-order valence-electron chi connectivity index (χ2n) is 4.58. The van der Waals surface area contributed by atoms with Crippen molar-refractivity contribution in [3.8, 4) is 5.75 Å². The Morgan fingerprint density at radius 3 is 2.86 bits per heavy atom. The monoisotopic (exact) mass is 332 g/mol. The van der Waals surface area contributed by atoms with Crippen LogP contribution in [0.15, 0.2) is 42.5 Å². The lowest BCUT2D eigenvalue weighted by Crippen LogP contribution is -2.14. The minimum Gasteiger partial charge on any atom is -0.494 e. The van der Waals surface area contributed by atoms with E-state index in [9.17, 15) is 4.79 Å². The standard InChI is InChI=1S/C16H13ClN2O2S/c1-21-13-7-4-8-14-15(13)19-16(22-14)18-9-12(20)10-5-2-3-6-11(10)17/h2-8H,9H2,1H3,(H,18,19). The molecule has 0 unspecified atom stereocenters. The van der Waals surface area contributed by atoms with Gasteiger partial charge in [0.25, 0.3) is 0 Å². The normalized spacial score (nSPS) is 10.6. The molecule has 0 aliphatic heterocycles. The molecule has 1 N–H and O–H groups in total. The predicted molar refractivity (Wildman–Crippen MR) is 90.4 cm³/mol. The van der Waals surface area contributed by atoms with Crippen LogP contribution in [0.25, 0.3) is 10.2 Å². The summed E-state index contributed by atoms with van der Waals surface area (Å²) in [6.45, 7) is 0.145. The molecule has 4 nitrogen and oxygen atoms in total. The van der Waals surface area contributed by atoms with Crippen LogP contribution in [0.3, 0.4) is 0 Å². The van der Waals surface area contributed by atoms with Gasteiger partial charge in [0.2, 0.25) is 0 Å². The van der Waals surface area contributed by atoms with Gasteiger partial charge in [-0.05, 0) is 24.3 Å². The van der Waals surface area contributed by atoms with Crippen LogP contribution in [0.5, 0.6) is 5.75 Å². The zero-order valence-corrected chi connectivity index (χ0v) is 13.4. The molecule has 22 heavy (non-hydrogen) atoms. The number of nitrogens with one attached hydrogen (secondary N) is 1. The number of ether oxygens (including phenoxy) is 1. The van der Waals surface area contributed by atoms with E-state index in [4.69, 9.17) is 16.3 Å². The Kier molecular flexibility index (Phi) is 4.27. The van der Waals surface area contributed by atoms with Crippen LogP contribution in [-0.2, 0) is 0 Å². The number of ketones is 1. The molecule has 0 aliphatic carbocycles. The van der Waals surface area contributed by atoms with Gasteiger partial charge in [0, 0.05) is 5.56 Å². The largest absolute Gasteiger partial charge is 0.494 e. The van der Waals surface area contributed by atoms with Gasteiger partial charge in [-0.2, -0.15) is 0 Å².